The predicted octanol–water partition coefficient (Wildman–Crippen LogP) is 5.39. The monoisotopic (exact) mass is 382 g/mol. The molecule has 0 unspecified atom stereocenters. The number of benzene rings is 2. The molecule has 3 rings (SSSR count). The number of nitrogens with one attached hydrogen (secondary N) is 1. The Morgan fingerprint density at radius 2 is 2.00 bits per heavy atom. The summed E-state index contributed by atoms with van der Waals surface area (Å²) in [6, 6.07) is 13.5. The van der Waals surface area contributed by atoms with E-state index < -0.39 is 0 Å². The lowest BCUT2D eigenvalue weighted by Gasteiger charge is -2.09. The maximum Gasteiger partial charge on any atom is 0.249 e. The zero-order chi connectivity index (χ0) is 19.2. The Morgan fingerprint density at radius 1 is 1.22 bits per heavy atom. The van der Waals surface area contributed by atoms with Crippen LogP contribution in [0.4, 0.5) is 9.39 Å². The molecule has 1 aromatic heterocycles. The number of nitrogens with zero attached hydrogens (tertiary/aromatic N) is 1. The first-order valence-corrected chi connectivity index (χ1v) is 9.34. The smallest absolute Gasteiger partial charge is 0.249 e. The molecule has 0 aliphatic rings. The number of thiazole rings is 1. The first-order valence-electron chi connectivity index (χ1n) is 8.46. The minimum Gasteiger partial charge on any atom is -0.491 e. The first kappa shape index (κ1) is 18.8. The number of anilines is 1. The van der Waals surface area contributed by atoms with Crippen LogP contribution < -0.4 is 10.1 Å². The summed E-state index contributed by atoms with van der Waals surface area (Å²) in [4.78, 5) is 16.5. The largest absolute Gasteiger partial charge is 0.491 e. The lowest BCUT2D eigenvalue weighted by atomic mass is 10.1. The molecular formula is C21H19FN2O2S. The third kappa shape index (κ3) is 5.24. The van der Waals surface area contributed by atoms with Crippen LogP contribution in [0.2, 0.25) is 0 Å². The van der Waals surface area contributed by atoms with Crippen molar-refractivity contribution in [2.75, 3.05) is 5.32 Å². The number of halogens is 1. The highest BCUT2D eigenvalue weighted by molar-refractivity contribution is 7.14. The maximum atomic E-state index is 13.1. The third-order valence-corrected chi connectivity index (χ3v) is 4.32. The van der Waals surface area contributed by atoms with Crippen molar-refractivity contribution in [1.29, 1.82) is 0 Å². The highest BCUT2D eigenvalue weighted by atomic mass is 32.1. The van der Waals surface area contributed by atoms with Gasteiger partial charge >= 0.3 is 0 Å². The fourth-order valence-corrected chi connectivity index (χ4v) is 3.14. The van der Waals surface area contributed by atoms with Crippen molar-refractivity contribution in [3.05, 3.63) is 71.5 Å². The Morgan fingerprint density at radius 3 is 2.74 bits per heavy atom. The molecule has 2 aromatic carbocycles. The Balaban J connectivity index is 1.69. The van der Waals surface area contributed by atoms with Crippen LogP contribution in [0, 0.1) is 5.82 Å². The second kappa shape index (κ2) is 8.60. The fourth-order valence-electron chi connectivity index (χ4n) is 2.44. The Bertz CT molecular complexity index is 949. The van der Waals surface area contributed by atoms with Gasteiger partial charge in [-0.1, -0.05) is 12.1 Å². The van der Waals surface area contributed by atoms with Gasteiger partial charge in [0.2, 0.25) is 5.91 Å². The van der Waals surface area contributed by atoms with E-state index in [9.17, 15) is 9.18 Å². The number of hydrogen-bond acceptors (Lipinski definition) is 4. The molecule has 27 heavy (non-hydrogen) atoms. The summed E-state index contributed by atoms with van der Waals surface area (Å²) in [5, 5.41) is 3.44. The van der Waals surface area contributed by atoms with Crippen LogP contribution in [0.3, 0.4) is 0 Å². The molecule has 0 bridgehead atoms. The number of aromatic nitrogens is 1. The van der Waals surface area contributed by atoms with Gasteiger partial charge in [0.05, 0.1) is 11.6 Å². The van der Waals surface area contributed by atoms with Crippen LogP contribution in [0.15, 0.2) is 60.1 Å². The summed E-state index contributed by atoms with van der Waals surface area (Å²) >= 11 is 1.32. The van der Waals surface area contributed by atoms with E-state index in [0.29, 0.717) is 10.7 Å². The number of amides is 1. The highest BCUT2D eigenvalue weighted by Gasteiger charge is 2.10. The molecule has 0 saturated carbocycles. The zero-order valence-corrected chi connectivity index (χ0v) is 15.8. The molecule has 4 nitrogen and oxygen atoms in total. The Kier molecular flexibility index (Phi) is 5.98. The van der Waals surface area contributed by atoms with Crippen molar-refractivity contribution >= 4 is 28.3 Å². The van der Waals surface area contributed by atoms with Gasteiger partial charge in [0.25, 0.3) is 0 Å². The number of rotatable bonds is 6. The van der Waals surface area contributed by atoms with Crippen molar-refractivity contribution in [2.24, 2.45) is 0 Å². The minimum atomic E-state index is -0.314. The van der Waals surface area contributed by atoms with E-state index in [1.807, 2.05) is 38.1 Å². The summed E-state index contributed by atoms with van der Waals surface area (Å²) in [5.41, 5.74) is 3.88. The summed E-state index contributed by atoms with van der Waals surface area (Å²) < 4.78 is 18.7. The molecule has 3 aromatic rings. The van der Waals surface area contributed by atoms with E-state index in [4.69, 9.17) is 4.74 Å². The van der Waals surface area contributed by atoms with Crippen LogP contribution in [0.1, 0.15) is 19.4 Å². The molecule has 1 amide bonds. The molecule has 138 valence electrons. The number of ether oxygens (including phenoxy) is 1. The molecule has 0 atom stereocenters. The average molecular weight is 382 g/mol. The van der Waals surface area contributed by atoms with Crippen LogP contribution in [-0.2, 0) is 4.79 Å². The van der Waals surface area contributed by atoms with Crippen LogP contribution >= 0.6 is 11.3 Å². The molecule has 0 fully saturated rings. The lowest BCUT2D eigenvalue weighted by molar-refractivity contribution is -0.111. The second-order valence-electron chi connectivity index (χ2n) is 6.10. The third-order valence-electron chi connectivity index (χ3n) is 3.58. The quantitative estimate of drug-likeness (QED) is 0.582. The van der Waals surface area contributed by atoms with Crippen molar-refractivity contribution in [3.8, 4) is 17.0 Å². The van der Waals surface area contributed by atoms with Crippen LogP contribution in [-0.4, -0.2) is 17.0 Å². The summed E-state index contributed by atoms with van der Waals surface area (Å²) in [6.07, 6.45) is 3.27. The topological polar surface area (TPSA) is 51.2 Å². The number of carbonyl (C=O) groups excluding carboxylic acids is 1. The molecule has 0 aliphatic heterocycles. The van der Waals surface area contributed by atoms with Crippen molar-refractivity contribution in [3.63, 3.8) is 0 Å². The minimum absolute atomic E-state index is 0.0868. The van der Waals surface area contributed by atoms with Crippen LogP contribution in [0.5, 0.6) is 5.75 Å². The van der Waals surface area contributed by atoms with Crippen molar-refractivity contribution < 1.29 is 13.9 Å². The first-order chi connectivity index (χ1) is 13.0. The number of hydrogen-bond donors (Lipinski definition) is 1. The maximum absolute atomic E-state index is 13.1. The van der Waals surface area contributed by atoms with Gasteiger partial charge in [-0.3, -0.25) is 4.79 Å². The van der Waals surface area contributed by atoms with Gasteiger partial charge in [0, 0.05) is 11.6 Å². The summed E-state index contributed by atoms with van der Waals surface area (Å²) in [7, 11) is 0. The molecule has 0 radical (unpaired) electrons. The average Bonchev–Trinajstić information content (AvgIpc) is 3.08. The van der Waals surface area contributed by atoms with Gasteiger partial charge in [0.1, 0.15) is 22.3 Å². The second-order valence-corrected chi connectivity index (χ2v) is 6.95. The molecule has 0 aliphatic carbocycles. The van der Waals surface area contributed by atoms with Gasteiger partial charge in [-0.15, -0.1) is 11.3 Å². The standard InChI is InChI=1S/C21H19FN2O2S/c1-14(2)26-18-5-3-4-15(12-18)6-11-19(25)24-21-20(23-13-27-21)16-7-9-17(22)10-8-16/h3-14H,1-2H3,(H,24,25). The fraction of sp³-hybridized carbons (Fsp3) is 0.143. The van der Waals surface area contributed by atoms with E-state index in [0.717, 1.165) is 16.9 Å². The van der Waals surface area contributed by atoms with E-state index in [1.165, 1.54) is 29.5 Å². The van der Waals surface area contributed by atoms with Gasteiger partial charge in [-0.05, 0) is 61.9 Å². The van der Waals surface area contributed by atoms with Gasteiger partial charge in [-0.25, -0.2) is 9.37 Å². The summed E-state index contributed by atoms with van der Waals surface area (Å²) in [6.45, 7) is 3.92. The SMILES string of the molecule is CC(C)Oc1cccc(C=CC(=O)Nc2scnc2-c2ccc(F)cc2)c1. The van der Waals surface area contributed by atoms with E-state index in [1.54, 1.807) is 23.7 Å². The molecule has 0 spiro atoms. The number of carbonyl (C=O) groups is 1. The van der Waals surface area contributed by atoms with Crippen molar-refractivity contribution in [2.45, 2.75) is 20.0 Å². The molecule has 6 heteroatoms. The predicted molar refractivity (Wildman–Crippen MR) is 107 cm³/mol. The molecular weight excluding hydrogens is 363 g/mol. The molecule has 0 saturated heterocycles. The van der Waals surface area contributed by atoms with E-state index >= 15 is 0 Å². The normalized spacial score (nSPS) is 11.1. The lowest BCUT2D eigenvalue weighted by Crippen LogP contribution is -2.07. The van der Waals surface area contributed by atoms with E-state index in [2.05, 4.69) is 10.3 Å². The zero-order valence-electron chi connectivity index (χ0n) is 15.0. The Hall–Kier alpha value is -2.99. The Labute approximate surface area is 161 Å². The van der Waals surface area contributed by atoms with Crippen LogP contribution in [0.25, 0.3) is 17.3 Å². The van der Waals surface area contributed by atoms with Gasteiger partial charge in [-0.2, -0.15) is 0 Å². The molecule has 1 heterocycles. The van der Waals surface area contributed by atoms with Gasteiger partial charge in [0.15, 0.2) is 0 Å². The highest BCUT2D eigenvalue weighted by Crippen LogP contribution is 2.30. The summed E-state index contributed by atoms with van der Waals surface area (Å²) in [5.74, 6) is 0.178. The van der Waals surface area contributed by atoms with Crippen molar-refractivity contribution in [1.82, 2.24) is 4.98 Å². The van der Waals surface area contributed by atoms with Gasteiger partial charge < -0.3 is 10.1 Å². The molecule has 1 N–H and O–H groups in total. The van der Waals surface area contributed by atoms with E-state index in [-0.39, 0.29) is 17.8 Å².